The third-order valence-electron chi connectivity index (χ3n) is 2.29. The quantitative estimate of drug-likeness (QED) is 0.836. The minimum atomic E-state index is -4.24. The molecule has 0 bridgehead atoms. The fourth-order valence-electron chi connectivity index (χ4n) is 1.24. The number of hydrogen-bond acceptors (Lipinski definition) is 2. The minimum absolute atomic E-state index is 0.217. The van der Waals surface area contributed by atoms with Crippen molar-refractivity contribution < 1.29 is 22.4 Å². The summed E-state index contributed by atoms with van der Waals surface area (Å²) in [5.41, 5.74) is 0.894. The van der Waals surface area contributed by atoms with Crippen molar-refractivity contribution in [2.45, 2.75) is 18.8 Å². The van der Waals surface area contributed by atoms with Gasteiger partial charge in [-0.3, -0.25) is 4.79 Å². The molecule has 0 fully saturated rings. The van der Waals surface area contributed by atoms with Gasteiger partial charge in [-0.2, -0.15) is 14.0 Å². The van der Waals surface area contributed by atoms with Crippen LogP contribution in [0.2, 0.25) is 0 Å². The molecule has 7 heteroatoms. The van der Waals surface area contributed by atoms with E-state index in [0.717, 1.165) is 0 Å². The summed E-state index contributed by atoms with van der Waals surface area (Å²) in [6.45, 7) is -1.40. The van der Waals surface area contributed by atoms with Gasteiger partial charge in [0.05, 0.1) is 24.6 Å². The predicted octanol–water partition coefficient (Wildman–Crippen LogP) is 2.12. The standard InChI is InChI=1S/C12H10F4N2O/c13-11(14)12(15,16)7-18-10(19)5-8-1-3-9(6-17)4-2-8/h1-4,11H,5,7H2,(H,18,19). The van der Waals surface area contributed by atoms with Gasteiger partial charge >= 0.3 is 12.3 Å². The van der Waals surface area contributed by atoms with E-state index in [9.17, 15) is 22.4 Å². The van der Waals surface area contributed by atoms with Crippen LogP contribution in [0, 0.1) is 11.3 Å². The molecule has 0 unspecified atom stereocenters. The number of nitrogens with one attached hydrogen (secondary N) is 1. The first-order valence-corrected chi connectivity index (χ1v) is 5.27. The molecular formula is C12H10F4N2O. The van der Waals surface area contributed by atoms with Gasteiger partial charge in [0.2, 0.25) is 5.91 Å². The van der Waals surface area contributed by atoms with E-state index in [1.165, 1.54) is 24.3 Å². The van der Waals surface area contributed by atoms with Crippen molar-refractivity contribution in [3.8, 4) is 6.07 Å². The summed E-state index contributed by atoms with van der Waals surface area (Å²) in [5, 5.41) is 10.3. The fourth-order valence-corrected chi connectivity index (χ4v) is 1.24. The minimum Gasteiger partial charge on any atom is -0.350 e. The van der Waals surface area contributed by atoms with E-state index >= 15 is 0 Å². The van der Waals surface area contributed by atoms with Gasteiger partial charge < -0.3 is 5.32 Å². The number of carbonyl (C=O) groups is 1. The van der Waals surface area contributed by atoms with Gasteiger partial charge in [0, 0.05) is 0 Å². The summed E-state index contributed by atoms with van der Waals surface area (Å²) in [4.78, 5) is 11.3. The van der Waals surface area contributed by atoms with E-state index in [2.05, 4.69) is 0 Å². The molecule has 0 spiro atoms. The van der Waals surface area contributed by atoms with Gasteiger partial charge in [-0.25, -0.2) is 8.78 Å². The topological polar surface area (TPSA) is 52.9 Å². The molecule has 1 amide bonds. The summed E-state index contributed by atoms with van der Waals surface area (Å²) in [6.07, 6.45) is -4.03. The first-order chi connectivity index (χ1) is 8.85. The monoisotopic (exact) mass is 274 g/mol. The molecule has 0 aliphatic rings. The molecule has 1 N–H and O–H groups in total. The number of amides is 1. The Morgan fingerprint density at radius 3 is 2.37 bits per heavy atom. The highest BCUT2D eigenvalue weighted by atomic mass is 19.3. The van der Waals surface area contributed by atoms with E-state index in [-0.39, 0.29) is 6.42 Å². The average Bonchev–Trinajstić information content (AvgIpc) is 2.37. The molecule has 102 valence electrons. The molecule has 0 heterocycles. The first kappa shape index (κ1) is 15.0. The van der Waals surface area contributed by atoms with Crippen LogP contribution in [0.4, 0.5) is 17.6 Å². The lowest BCUT2D eigenvalue weighted by atomic mass is 10.1. The van der Waals surface area contributed by atoms with E-state index in [1.54, 1.807) is 5.32 Å². The number of alkyl halides is 4. The molecule has 19 heavy (non-hydrogen) atoms. The highest BCUT2D eigenvalue weighted by Crippen LogP contribution is 2.21. The Bertz CT molecular complexity index is 479. The maximum atomic E-state index is 12.5. The second-order valence-corrected chi connectivity index (χ2v) is 3.82. The SMILES string of the molecule is N#Cc1ccc(CC(=O)NCC(F)(F)C(F)F)cc1. The van der Waals surface area contributed by atoms with Gasteiger partial charge in [0.25, 0.3) is 0 Å². The van der Waals surface area contributed by atoms with Crippen molar-refractivity contribution in [2.75, 3.05) is 6.54 Å². The summed E-state index contributed by atoms with van der Waals surface area (Å²) in [6, 6.07) is 7.80. The Kier molecular flexibility index (Phi) is 4.87. The van der Waals surface area contributed by atoms with Crippen LogP contribution in [0.5, 0.6) is 0 Å². The lowest BCUT2D eigenvalue weighted by molar-refractivity contribution is -0.136. The molecule has 0 atom stereocenters. The van der Waals surface area contributed by atoms with Crippen molar-refractivity contribution in [1.82, 2.24) is 5.32 Å². The molecule has 3 nitrogen and oxygen atoms in total. The van der Waals surface area contributed by atoms with Crippen molar-refractivity contribution in [1.29, 1.82) is 5.26 Å². The van der Waals surface area contributed by atoms with Gasteiger partial charge in [-0.15, -0.1) is 0 Å². The second-order valence-electron chi connectivity index (χ2n) is 3.82. The number of hydrogen-bond donors (Lipinski definition) is 1. The van der Waals surface area contributed by atoms with Crippen molar-refractivity contribution >= 4 is 5.91 Å². The normalized spacial score (nSPS) is 11.2. The molecule has 0 aromatic heterocycles. The lowest BCUT2D eigenvalue weighted by Gasteiger charge is -2.15. The number of nitriles is 1. The Labute approximate surface area is 106 Å². The third-order valence-corrected chi connectivity index (χ3v) is 2.29. The van der Waals surface area contributed by atoms with Crippen LogP contribution in [0.3, 0.4) is 0 Å². The zero-order valence-electron chi connectivity index (χ0n) is 9.67. The highest BCUT2D eigenvalue weighted by molar-refractivity contribution is 5.78. The smallest absolute Gasteiger partial charge is 0.324 e. The Morgan fingerprint density at radius 1 is 1.32 bits per heavy atom. The molecule has 1 rings (SSSR count). The lowest BCUT2D eigenvalue weighted by Crippen LogP contribution is -2.41. The zero-order valence-corrected chi connectivity index (χ0v) is 9.67. The van der Waals surface area contributed by atoms with Crippen molar-refractivity contribution in [3.05, 3.63) is 35.4 Å². The molecule has 1 aromatic carbocycles. The van der Waals surface area contributed by atoms with Crippen LogP contribution in [0.1, 0.15) is 11.1 Å². The number of benzene rings is 1. The Balaban J connectivity index is 2.49. The average molecular weight is 274 g/mol. The number of nitrogens with zero attached hydrogens (tertiary/aromatic N) is 1. The maximum Gasteiger partial charge on any atom is 0.324 e. The van der Waals surface area contributed by atoms with Crippen LogP contribution in [-0.4, -0.2) is 24.8 Å². The summed E-state index contributed by atoms with van der Waals surface area (Å²) in [7, 11) is 0. The maximum absolute atomic E-state index is 12.5. The number of carbonyl (C=O) groups excluding carboxylic acids is 1. The van der Waals surface area contributed by atoms with Crippen LogP contribution >= 0.6 is 0 Å². The first-order valence-electron chi connectivity index (χ1n) is 5.27. The largest absolute Gasteiger partial charge is 0.350 e. The van der Waals surface area contributed by atoms with Crippen LogP contribution in [0.15, 0.2) is 24.3 Å². The molecular weight excluding hydrogens is 264 g/mol. The zero-order chi connectivity index (χ0) is 14.5. The molecule has 1 aromatic rings. The molecule has 0 aliphatic carbocycles. The van der Waals surface area contributed by atoms with E-state index in [1.807, 2.05) is 6.07 Å². The van der Waals surface area contributed by atoms with Crippen molar-refractivity contribution in [3.63, 3.8) is 0 Å². The highest BCUT2D eigenvalue weighted by Gasteiger charge is 2.40. The van der Waals surface area contributed by atoms with E-state index in [4.69, 9.17) is 5.26 Å². The van der Waals surface area contributed by atoms with Gasteiger partial charge in [0.1, 0.15) is 0 Å². The third kappa shape index (κ3) is 4.58. The van der Waals surface area contributed by atoms with Crippen LogP contribution < -0.4 is 5.32 Å². The van der Waals surface area contributed by atoms with Crippen LogP contribution in [0.25, 0.3) is 0 Å². The van der Waals surface area contributed by atoms with E-state index in [0.29, 0.717) is 11.1 Å². The summed E-state index contributed by atoms with van der Waals surface area (Å²) < 4.78 is 48.8. The van der Waals surface area contributed by atoms with Gasteiger partial charge in [-0.05, 0) is 17.7 Å². The van der Waals surface area contributed by atoms with Crippen molar-refractivity contribution in [2.24, 2.45) is 0 Å². The Hall–Kier alpha value is -2.10. The second kappa shape index (κ2) is 6.18. The molecule has 0 aliphatic heterocycles. The predicted molar refractivity (Wildman–Crippen MR) is 58.8 cm³/mol. The van der Waals surface area contributed by atoms with Gasteiger partial charge in [0.15, 0.2) is 0 Å². The summed E-state index contributed by atoms with van der Waals surface area (Å²) in [5.74, 6) is -5.02. The number of rotatable bonds is 5. The molecule has 0 saturated carbocycles. The number of halogens is 4. The van der Waals surface area contributed by atoms with Crippen LogP contribution in [-0.2, 0) is 11.2 Å². The Morgan fingerprint density at radius 2 is 1.89 bits per heavy atom. The molecule has 0 radical (unpaired) electrons. The van der Waals surface area contributed by atoms with E-state index < -0.39 is 24.8 Å². The molecule has 0 saturated heterocycles. The van der Waals surface area contributed by atoms with Gasteiger partial charge in [-0.1, -0.05) is 12.1 Å². The summed E-state index contributed by atoms with van der Waals surface area (Å²) >= 11 is 0. The fraction of sp³-hybridized carbons (Fsp3) is 0.333.